The van der Waals surface area contributed by atoms with Crippen LogP contribution in [0.4, 0.5) is 0 Å². The smallest absolute Gasteiger partial charge is 0.0582 e. The van der Waals surface area contributed by atoms with Crippen LogP contribution in [0, 0.1) is 29.6 Å². The van der Waals surface area contributed by atoms with Crippen molar-refractivity contribution in [1.29, 1.82) is 0 Å². The number of fused-ring (bicyclic) bond motifs is 5. The van der Waals surface area contributed by atoms with Gasteiger partial charge in [0, 0.05) is 0 Å². The van der Waals surface area contributed by atoms with Gasteiger partial charge in [-0.2, -0.15) is 0 Å². The monoisotopic (exact) mass is 338 g/mol. The van der Waals surface area contributed by atoms with Crippen molar-refractivity contribution in [3.63, 3.8) is 0 Å². The summed E-state index contributed by atoms with van der Waals surface area (Å²) in [7, 11) is 0. The molecule has 5 fully saturated rings. The zero-order valence-corrected chi connectivity index (χ0v) is 17.8. The first-order valence-corrected chi connectivity index (χ1v) is 11.3. The molecule has 5 rings (SSSR count). The molecule has 144 valence electrons. The van der Waals surface area contributed by atoms with Gasteiger partial charge in [-0.15, -0.1) is 0 Å². The van der Waals surface area contributed by atoms with Crippen molar-refractivity contribution in [2.45, 2.75) is 118 Å². The predicted octanol–water partition coefficient (Wildman–Crippen LogP) is 7.49. The fraction of sp³-hybridized carbons (Fsp3) is 1.00. The molecule has 0 radical (unpaired) electrons. The van der Waals surface area contributed by atoms with Crippen LogP contribution in [-0.2, 0) is 4.74 Å². The number of hydrogen-bond donors (Lipinski definition) is 0. The largest absolute Gasteiger partial charge is 0.375 e. The van der Waals surface area contributed by atoms with Crippen molar-refractivity contribution in [3.8, 4) is 0 Å². The van der Waals surface area contributed by atoms with E-state index in [1.54, 1.807) is 32.1 Å². The van der Waals surface area contributed by atoms with Gasteiger partial charge in [0.2, 0.25) is 0 Å². The molecule has 2 heterocycles. The van der Waals surface area contributed by atoms with E-state index in [1.165, 1.54) is 25.7 Å². The molecule has 1 heteroatoms. The molecule has 0 aromatic rings. The molecule has 2 saturated heterocycles. The summed E-state index contributed by atoms with van der Waals surface area (Å²) in [6, 6.07) is 0. The quantitative estimate of drug-likeness (QED) is 0.481. The van der Waals surface area contributed by atoms with Crippen LogP contribution < -0.4 is 0 Å². The molecule has 3 aliphatic carbocycles. The first-order chi connectivity index (χ1) is 11.6. The van der Waals surface area contributed by atoms with Gasteiger partial charge in [-0.05, 0) is 74.5 Å². The van der Waals surface area contributed by atoms with Gasteiger partial charge in [0.15, 0.2) is 0 Å². The lowest BCUT2D eigenvalue weighted by molar-refractivity contribution is -0.0290. The van der Waals surface area contributed by atoms with Gasteiger partial charge < -0.3 is 4.74 Å². The summed E-state index contributed by atoms with van der Waals surface area (Å²) < 4.78 is 5.78. The van der Waals surface area contributed by atoms with Gasteiger partial charge in [0.05, 0.1) is 12.2 Å². The highest BCUT2D eigenvalue weighted by molar-refractivity contribution is 4.85. The molecule has 5 aliphatic rings. The van der Waals surface area contributed by atoms with Crippen molar-refractivity contribution in [2.75, 3.05) is 0 Å². The Hall–Kier alpha value is -0.0400. The normalized spacial score (nSPS) is 39.0. The Bertz CT molecular complexity index is 291. The second-order valence-corrected chi connectivity index (χ2v) is 8.43. The SMILES string of the molecule is CC.CC.CC(C)C1CC2CCC(C1)O2.CC1CC2CCC1CC2. The first kappa shape index (κ1) is 22.0. The molecule has 2 aliphatic heterocycles. The Morgan fingerprint density at radius 1 is 0.708 bits per heavy atom. The third-order valence-electron chi connectivity index (χ3n) is 6.67. The van der Waals surface area contributed by atoms with Gasteiger partial charge in [-0.1, -0.05) is 61.3 Å². The third kappa shape index (κ3) is 6.36. The molecule has 0 spiro atoms. The molecule has 4 bridgehead atoms. The standard InChI is InChI=1S/C10H18O.C9H16.2C2H6/c1-7(2)8-5-9-3-4-10(6-8)11-9;1-7-6-8-2-4-9(7)5-3-8;2*1-2/h7-10H,3-6H2,1-2H3;7-9H,2-6H2,1H3;2*1-2H3. The molecule has 0 aromatic heterocycles. The maximum Gasteiger partial charge on any atom is 0.0582 e. The minimum atomic E-state index is 0.626. The zero-order chi connectivity index (χ0) is 18.1. The molecular weight excluding hydrogens is 292 g/mol. The lowest BCUT2D eigenvalue weighted by atomic mass is 9.65. The number of hydrogen-bond acceptors (Lipinski definition) is 1. The van der Waals surface area contributed by atoms with Crippen molar-refractivity contribution in [1.82, 2.24) is 0 Å². The molecule has 0 amide bonds. The Morgan fingerprint density at radius 2 is 1.21 bits per heavy atom. The van der Waals surface area contributed by atoms with Crippen molar-refractivity contribution < 1.29 is 4.74 Å². The second-order valence-electron chi connectivity index (χ2n) is 8.43. The average molecular weight is 339 g/mol. The molecule has 0 aromatic carbocycles. The first-order valence-electron chi connectivity index (χ1n) is 11.3. The fourth-order valence-corrected chi connectivity index (χ4v) is 5.15. The van der Waals surface area contributed by atoms with Crippen LogP contribution in [0.1, 0.15) is 106 Å². The van der Waals surface area contributed by atoms with Crippen molar-refractivity contribution in [3.05, 3.63) is 0 Å². The van der Waals surface area contributed by atoms with Gasteiger partial charge in [0.25, 0.3) is 0 Å². The zero-order valence-electron chi connectivity index (χ0n) is 17.8. The van der Waals surface area contributed by atoms with E-state index in [-0.39, 0.29) is 0 Å². The lowest BCUT2D eigenvalue weighted by Gasteiger charge is -2.40. The number of ether oxygens (including phenoxy) is 1. The van der Waals surface area contributed by atoms with Crippen LogP contribution in [0.3, 0.4) is 0 Å². The summed E-state index contributed by atoms with van der Waals surface area (Å²) in [6.45, 7) is 15.1. The van der Waals surface area contributed by atoms with E-state index in [1.807, 2.05) is 27.7 Å². The number of rotatable bonds is 1. The highest BCUT2D eigenvalue weighted by Crippen LogP contribution is 2.44. The molecule has 3 saturated carbocycles. The highest BCUT2D eigenvalue weighted by Gasteiger charge is 2.35. The van der Waals surface area contributed by atoms with Crippen LogP contribution in [0.5, 0.6) is 0 Å². The van der Waals surface area contributed by atoms with Crippen LogP contribution in [-0.4, -0.2) is 12.2 Å². The van der Waals surface area contributed by atoms with Gasteiger partial charge in [-0.3, -0.25) is 0 Å². The Morgan fingerprint density at radius 3 is 1.50 bits per heavy atom. The van der Waals surface area contributed by atoms with Crippen LogP contribution >= 0.6 is 0 Å². The molecule has 1 nitrogen and oxygen atoms in total. The topological polar surface area (TPSA) is 9.23 Å². The average Bonchev–Trinajstić information content (AvgIpc) is 2.97. The molecular formula is C23H46O. The van der Waals surface area contributed by atoms with E-state index in [0.29, 0.717) is 12.2 Å². The molecule has 3 atom stereocenters. The minimum absolute atomic E-state index is 0.626. The summed E-state index contributed by atoms with van der Waals surface area (Å²) in [5, 5.41) is 0. The predicted molar refractivity (Wildman–Crippen MR) is 107 cm³/mol. The third-order valence-corrected chi connectivity index (χ3v) is 6.67. The summed E-state index contributed by atoms with van der Waals surface area (Å²) in [5.74, 6) is 5.13. The van der Waals surface area contributed by atoms with Crippen molar-refractivity contribution in [2.24, 2.45) is 29.6 Å². The Balaban J connectivity index is 0.000000202. The summed E-state index contributed by atoms with van der Waals surface area (Å²) in [5.41, 5.74) is 0. The fourth-order valence-electron chi connectivity index (χ4n) is 5.15. The summed E-state index contributed by atoms with van der Waals surface area (Å²) in [4.78, 5) is 0. The van der Waals surface area contributed by atoms with Crippen LogP contribution in [0.15, 0.2) is 0 Å². The maximum atomic E-state index is 5.78. The highest BCUT2D eigenvalue weighted by atomic mass is 16.5. The van der Waals surface area contributed by atoms with E-state index >= 15 is 0 Å². The summed E-state index contributed by atoms with van der Waals surface area (Å²) in [6.07, 6.45) is 14.3. The second kappa shape index (κ2) is 11.6. The van der Waals surface area contributed by atoms with Gasteiger partial charge in [-0.25, -0.2) is 0 Å². The van der Waals surface area contributed by atoms with E-state index in [2.05, 4.69) is 20.8 Å². The Labute approximate surface area is 153 Å². The molecule has 0 N–H and O–H groups in total. The van der Waals surface area contributed by atoms with Gasteiger partial charge in [0.1, 0.15) is 0 Å². The van der Waals surface area contributed by atoms with Crippen LogP contribution in [0.2, 0.25) is 0 Å². The summed E-state index contributed by atoms with van der Waals surface area (Å²) >= 11 is 0. The van der Waals surface area contributed by atoms with E-state index < -0.39 is 0 Å². The molecule has 3 unspecified atom stereocenters. The lowest BCUT2D eigenvalue weighted by Crippen LogP contribution is -2.29. The molecule has 24 heavy (non-hydrogen) atoms. The van der Waals surface area contributed by atoms with Crippen molar-refractivity contribution >= 4 is 0 Å². The maximum absolute atomic E-state index is 5.78. The van der Waals surface area contributed by atoms with E-state index in [9.17, 15) is 0 Å². The Kier molecular flexibility index (Phi) is 10.6. The van der Waals surface area contributed by atoms with E-state index in [4.69, 9.17) is 4.74 Å². The van der Waals surface area contributed by atoms with E-state index in [0.717, 1.165) is 29.6 Å². The minimum Gasteiger partial charge on any atom is -0.375 e. The van der Waals surface area contributed by atoms with Crippen LogP contribution in [0.25, 0.3) is 0 Å². The van der Waals surface area contributed by atoms with Gasteiger partial charge >= 0.3 is 0 Å².